The summed E-state index contributed by atoms with van der Waals surface area (Å²) in [6.07, 6.45) is 2.18. The fraction of sp³-hybridized carbons (Fsp3) is 0.857. The Kier molecular flexibility index (Phi) is 0.801. The van der Waals surface area contributed by atoms with Crippen LogP contribution in [0, 0.1) is 29.2 Å². The molecule has 48 valence electrons. The third-order valence-corrected chi connectivity index (χ3v) is 2.76. The van der Waals surface area contributed by atoms with Gasteiger partial charge in [0.25, 0.3) is 0 Å². The summed E-state index contributed by atoms with van der Waals surface area (Å²) in [4.78, 5) is 1.87. The summed E-state index contributed by atoms with van der Waals surface area (Å²) in [6, 6.07) is 0. The second kappa shape index (κ2) is 1.41. The van der Waals surface area contributed by atoms with E-state index in [1.165, 1.54) is 0 Å². The third kappa shape index (κ3) is 0.548. The highest BCUT2D eigenvalue weighted by Crippen LogP contribution is 2.50. The number of nitrogens with zero attached hydrogens (tertiary/aromatic N) is 2. The van der Waals surface area contributed by atoms with Crippen molar-refractivity contribution in [2.75, 3.05) is 13.1 Å². The Morgan fingerprint density at radius 3 is 2.44 bits per heavy atom. The van der Waals surface area contributed by atoms with E-state index in [2.05, 4.69) is 13.1 Å². The molecule has 2 nitrogen and oxygen atoms in total. The van der Waals surface area contributed by atoms with Gasteiger partial charge in [0.1, 0.15) is 0 Å². The van der Waals surface area contributed by atoms with E-state index in [4.69, 9.17) is 5.26 Å². The predicted octanol–water partition coefficient (Wildman–Crippen LogP) is 0.665. The lowest BCUT2D eigenvalue weighted by atomic mass is 10.3. The third-order valence-electron chi connectivity index (χ3n) is 2.76. The van der Waals surface area contributed by atoms with Crippen molar-refractivity contribution < 1.29 is 0 Å². The molecule has 2 unspecified atom stereocenters. The molecule has 2 aliphatic rings. The van der Waals surface area contributed by atoms with E-state index in [0.717, 1.165) is 30.8 Å². The van der Waals surface area contributed by atoms with Crippen LogP contribution in [0.2, 0.25) is 0 Å². The molecule has 0 amide bonds. The number of nitriles is 1. The molecule has 0 spiro atoms. The van der Waals surface area contributed by atoms with Gasteiger partial charge in [0.15, 0.2) is 6.19 Å². The molecule has 0 aromatic carbocycles. The number of hydrogen-bond acceptors (Lipinski definition) is 2. The Bertz CT molecular complexity index is 158. The molecule has 2 heteroatoms. The van der Waals surface area contributed by atoms with Gasteiger partial charge in [-0.05, 0) is 17.8 Å². The first kappa shape index (κ1) is 5.10. The van der Waals surface area contributed by atoms with Crippen molar-refractivity contribution in [3.8, 4) is 6.19 Å². The number of hydrogen-bond donors (Lipinski definition) is 0. The number of fused-ring (bicyclic) bond motifs is 1. The minimum Gasteiger partial charge on any atom is -0.310 e. The molecule has 1 saturated carbocycles. The molecule has 2 fully saturated rings. The summed E-state index contributed by atoms with van der Waals surface area (Å²) in [6.45, 7) is 4.34. The highest BCUT2D eigenvalue weighted by Gasteiger charge is 2.52. The number of likely N-dealkylation sites (tertiary alicyclic amines) is 1. The summed E-state index contributed by atoms with van der Waals surface area (Å²) in [5, 5.41) is 8.47. The lowest BCUT2D eigenvalue weighted by Gasteiger charge is -2.08. The molecule has 1 aliphatic carbocycles. The zero-order chi connectivity index (χ0) is 6.43. The van der Waals surface area contributed by atoms with Gasteiger partial charge in [-0.3, -0.25) is 0 Å². The maximum Gasteiger partial charge on any atom is 0.179 e. The quantitative estimate of drug-likeness (QED) is 0.441. The fourth-order valence-electron chi connectivity index (χ4n) is 1.91. The van der Waals surface area contributed by atoms with Crippen LogP contribution < -0.4 is 0 Å². The van der Waals surface area contributed by atoms with Crippen LogP contribution in [-0.4, -0.2) is 18.0 Å². The van der Waals surface area contributed by atoms with Crippen LogP contribution in [0.25, 0.3) is 0 Å². The van der Waals surface area contributed by atoms with Crippen LogP contribution in [0.1, 0.15) is 6.92 Å². The standard InChI is InChI=1S/C7H10N2/c1-5-6-2-9(4-8)3-7(5)6/h5-7H,2-3H2,1H3. The van der Waals surface area contributed by atoms with E-state index in [0.29, 0.717) is 0 Å². The highest BCUT2D eigenvalue weighted by atomic mass is 15.2. The molecule has 0 N–H and O–H groups in total. The van der Waals surface area contributed by atoms with Gasteiger partial charge in [-0.25, -0.2) is 0 Å². The molecule has 0 radical (unpaired) electrons. The number of rotatable bonds is 0. The molecule has 0 aromatic heterocycles. The Morgan fingerprint density at radius 2 is 2.00 bits per heavy atom. The summed E-state index contributed by atoms with van der Waals surface area (Å²) in [7, 11) is 0. The van der Waals surface area contributed by atoms with Crippen LogP contribution >= 0.6 is 0 Å². The van der Waals surface area contributed by atoms with Crippen molar-refractivity contribution in [2.24, 2.45) is 17.8 Å². The zero-order valence-corrected chi connectivity index (χ0v) is 5.54. The van der Waals surface area contributed by atoms with Crippen LogP contribution in [0.5, 0.6) is 0 Å². The van der Waals surface area contributed by atoms with Crippen LogP contribution in [0.15, 0.2) is 0 Å². The normalized spacial score (nSPS) is 46.2. The lowest BCUT2D eigenvalue weighted by molar-refractivity contribution is 0.404. The van der Waals surface area contributed by atoms with Crippen molar-refractivity contribution in [2.45, 2.75) is 6.92 Å². The molecule has 1 heterocycles. The highest BCUT2D eigenvalue weighted by molar-refractivity contribution is 5.05. The molecule has 2 atom stereocenters. The first-order chi connectivity index (χ1) is 4.33. The Labute approximate surface area is 55.1 Å². The minimum absolute atomic E-state index is 0.865. The second-order valence-electron chi connectivity index (χ2n) is 3.19. The smallest absolute Gasteiger partial charge is 0.179 e. The van der Waals surface area contributed by atoms with E-state index in [-0.39, 0.29) is 0 Å². The predicted molar refractivity (Wildman–Crippen MR) is 33.3 cm³/mol. The average Bonchev–Trinajstić information content (AvgIpc) is 2.32. The van der Waals surface area contributed by atoms with Gasteiger partial charge < -0.3 is 4.90 Å². The molecule has 0 bridgehead atoms. The maximum absolute atomic E-state index is 8.47. The first-order valence-corrected chi connectivity index (χ1v) is 3.47. The molecule has 1 saturated heterocycles. The van der Waals surface area contributed by atoms with Crippen LogP contribution in [0.4, 0.5) is 0 Å². The van der Waals surface area contributed by atoms with Gasteiger partial charge in [-0.15, -0.1) is 0 Å². The molecular formula is C7H10N2. The topological polar surface area (TPSA) is 27.0 Å². The van der Waals surface area contributed by atoms with Crippen molar-refractivity contribution in [1.82, 2.24) is 4.90 Å². The van der Waals surface area contributed by atoms with Crippen LogP contribution in [0.3, 0.4) is 0 Å². The van der Waals surface area contributed by atoms with E-state index in [1.807, 2.05) is 4.90 Å². The van der Waals surface area contributed by atoms with Gasteiger partial charge in [-0.2, -0.15) is 5.26 Å². The maximum atomic E-state index is 8.47. The molecule has 9 heavy (non-hydrogen) atoms. The largest absolute Gasteiger partial charge is 0.310 e. The summed E-state index contributed by atoms with van der Waals surface area (Å²) in [5.74, 6) is 2.64. The Morgan fingerprint density at radius 1 is 1.44 bits per heavy atom. The SMILES string of the molecule is CC1C2CN(C#N)CC12. The summed E-state index contributed by atoms with van der Waals surface area (Å²) < 4.78 is 0. The van der Waals surface area contributed by atoms with Crippen molar-refractivity contribution in [3.63, 3.8) is 0 Å². The van der Waals surface area contributed by atoms with Crippen molar-refractivity contribution in [1.29, 1.82) is 5.26 Å². The fourth-order valence-corrected chi connectivity index (χ4v) is 1.91. The van der Waals surface area contributed by atoms with Crippen molar-refractivity contribution >= 4 is 0 Å². The molecule has 2 rings (SSSR count). The monoisotopic (exact) mass is 122 g/mol. The van der Waals surface area contributed by atoms with E-state index < -0.39 is 0 Å². The lowest BCUT2D eigenvalue weighted by Crippen LogP contribution is -2.17. The molecule has 0 aromatic rings. The van der Waals surface area contributed by atoms with Crippen molar-refractivity contribution in [3.05, 3.63) is 0 Å². The van der Waals surface area contributed by atoms with Gasteiger partial charge in [0.2, 0.25) is 0 Å². The zero-order valence-electron chi connectivity index (χ0n) is 5.54. The molecule has 1 aliphatic heterocycles. The van der Waals surface area contributed by atoms with Gasteiger partial charge in [-0.1, -0.05) is 6.92 Å². The van der Waals surface area contributed by atoms with E-state index in [1.54, 1.807) is 0 Å². The first-order valence-electron chi connectivity index (χ1n) is 3.47. The van der Waals surface area contributed by atoms with Gasteiger partial charge >= 0.3 is 0 Å². The minimum atomic E-state index is 0.865. The van der Waals surface area contributed by atoms with E-state index in [9.17, 15) is 0 Å². The van der Waals surface area contributed by atoms with Gasteiger partial charge in [0, 0.05) is 13.1 Å². The van der Waals surface area contributed by atoms with E-state index >= 15 is 0 Å². The Hall–Kier alpha value is -0.710. The number of piperidine rings is 1. The summed E-state index contributed by atoms with van der Waals surface area (Å²) in [5.41, 5.74) is 0. The van der Waals surface area contributed by atoms with Gasteiger partial charge in [0.05, 0.1) is 0 Å². The average molecular weight is 122 g/mol. The summed E-state index contributed by atoms with van der Waals surface area (Å²) >= 11 is 0. The van der Waals surface area contributed by atoms with Crippen LogP contribution in [-0.2, 0) is 0 Å². The molecular weight excluding hydrogens is 112 g/mol. The second-order valence-corrected chi connectivity index (χ2v) is 3.19. The Balaban J connectivity index is 1.98.